The average Bonchev–Trinajstić information content (AvgIpc) is 2.74. The molecule has 1 rings (SSSR count). The minimum absolute atomic E-state index is 0.0417. The number of rotatable bonds is 4. The van der Waals surface area contributed by atoms with E-state index in [0.717, 1.165) is 26.1 Å². The van der Waals surface area contributed by atoms with Gasteiger partial charge in [-0.15, -0.1) is 0 Å². The lowest BCUT2D eigenvalue weighted by atomic mass is 10.3. The van der Waals surface area contributed by atoms with E-state index in [1.165, 1.54) is 0 Å². The van der Waals surface area contributed by atoms with Gasteiger partial charge in [0.05, 0.1) is 25.4 Å². The van der Waals surface area contributed by atoms with Crippen LogP contribution in [0.25, 0.3) is 0 Å². The van der Waals surface area contributed by atoms with Gasteiger partial charge in [0.2, 0.25) is 0 Å². The quantitative estimate of drug-likeness (QED) is 0.740. The summed E-state index contributed by atoms with van der Waals surface area (Å²) in [5.41, 5.74) is 0. The Balaban J connectivity index is 0.000000241. The van der Waals surface area contributed by atoms with Crippen molar-refractivity contribution in [2.24, 2.45) is 0 Å². The maximum atomic E-state index is 8.40. The lowest BCUT2D eigenvalue weighted by Gasteiger charge is -2.06. The highest BCUT2D eigenvalue weighted by molar-refractivity contribution is 4.60. The Labute approximate surface area is 86.2 Å². The molecule has 14 heavy (non-hydrogen) atoms. The normalized spacial score (nSPS) is 22.7. The highest BCUT2D eigenvalue weighted by atomic mass is 16.5. The minimum atomic E-state index is 0.0417. The van der Waals surface area contributed by atoms with Crippen LogP contribution in [-0.2, 0) is 14.2 Å². The number of aliphatic hydroxyl groups is 1. The van der Waals surface area contributed by atoms with Gasteiger partial charge in [-0.3, -0.25) is 0 Å². The van der Waals surface area contributed by atoms with E-state index < -0.39 is 0 Å². The van der Waals surface area contributed by atoms with E-state index in [0.29, 0.717) is 6.10 Å². The molecule has 1 aliphatic heterocycles. The minimum Gasteiger partial charge on any atom is -0.394 e. The number of hydrogen-bond donors (Lipinski definition) is 1. The van der Waals surface area contributed by atoms with Crippen LogP contribution in [-0.4, -0.2) is 51.4 Å². The molecule has 0 aromatic heterocycles. The maximum absolute atomic E-state index is 8.40. The van der Waals surface area contributed by atoms with Gasteiger partial charge in [-0.25, -0.2) is 0 Å². The summed E-state index contributed by atoms with van der Waals surface area (Å²) in [4.78, 5) is 0. The van der Waals surface area contributed by atoms with Gasteiger partial charge in [0.25, 0.3) is 0 Å². The Kier molecular flexibility index (Phi) is 9.29. The third-order valence-corrected chi connectivity index (χ3v) is 2.21. The molecule has 0 saturated carbocycles. The van der Waals surface area contributed by atoms with Crippen molar-refractivity contribution in [3.8, 4) is 0 Å². The molecule has 0 aromatic carbocycles. The molecule has 1 unspecified atom stereocenters. The van der Waals surface area contributed by atoms with E-state index in [1.54, 1.807) is 14.2 Å². The molecule has 0 radical (unpaired) electrons. The Bertz CT molecular complexity index is 99.9. The molecule has 1 saturated heterocycles. The second-order valence-electron chi connectivity index (χ2n) is 3.17. The summed E-state index contributed by atoms with van der Waals surface area (Å²) in [6, 6.07) is 0. The van der Waals surface area contributed by atoms with Gasteiger partial charge < -0.3 is 19.3 Å². The molecule has 86 valence electrons. The van der Waals surface area contributed by atoms with Crippen molar-refractivity contribution in [2.45, 2.75) is 32.0 Å². The van der Waals surface area contributed by atoms with Gasteiger partial charge in [-0.1, -0.05) is 6.92 Å². The van der Waals surface area contributed by atoms with Crippen LogP contribution in [0.15, 0.2) is 0 Å². The van der Waals surface area contributed by atoms with Crippen molar-refractivity contribution in [3.05, 3.63) is 0 Å². The van der Waals surface area contributed by atoms with Crippen LogP contribution >= 0.6 is 0 Å². The van der Waals surface area contributed by atoms with Crippen LogP contribution in [0.1, 0.15) is 19.8 Å². The van der Waals surface area contributed by atoms with Crippen LogP contribution in [0.4, 0.5) is 0 Å². The summed E-state index contributed by atoms with van der Waals surface area (Å²) >= 11 is 0. The summed E-state index contributed by atoms with van der Waals surface area (Å²) in [5, 5.41) is 8.40. The number of hydrogen-bond acceptors (Lipinski definition) is 4. The van der Waals surface area contributed by atoms with E-state index in [-0.39, 0.29) is 12.7 Å². The first-order chi connectivity index (χ1) is 6.78. The molecule has 1 N–H and O–H groups in total. The van der Waals surface area contributed by atoms with Crippen molar-refractivity contribution in [2.75, 3.05) is 34.0 Å². The van der Waals surface area contributed by atoms with Gasteiger partial charge in [-0.2, -0.15) is 0 Å². The molecule has 1 aliphatic rings. The standard InChI is InChI=1S/C5H10O2.C5H12O2/c1-6-5-2-3-7-4-5;1-3-5(4-6)7-2/h5H,2-4H2,1H3;5-6H,3-4H2,1-2H3/t;5-/m.0/s1. The molecule has 4 heteroatoms. The van der Waals surface area contributed by atoms with Gasteiger partial charge >= 0.3 is 0 Å². The Morgan fingerprint density at radius 2 is 2.21 bits per heavy atom. The van der Waals surface area contributed by atoms with E-state index in [9.17, 15) is 0 Å². The molecule has 0 bridgehead atoms. The molecule has 0 aliphatic carbocycles. The summed E-state index contributed by atoms with van der Waals surface area (Å²) in [6.07, 6.45) is 2.36. The molecule has 2 atom stereocenters. The zero-order valence-electron chi connectivity index (χ0n) is 9.36. The first kappa shape index (κ1) is 13.8. The Morgan fingerprint density at radius 3 is 2.36 bits per heavy atom. The van der Waals surface area contributed by atoms with Crippen molar-refractivity contribution in [1.82, 2.24) is 0 Å². The smallest absolute Gasteiger partial charge is 0.0826 e. The molecule has 0 aromatic rings. The second-order valence-corrected chi connectivity index (χ2v) is 3.17. The molecular weight excluding hydrogens is 184 g/mol. The van der Waals surface area contributed by atoms with Gasteiger partial charge in [0, 0.05) is 20.8 Å². The van der Waals surface area contributed by atoms with E-state index in [2.05, 4.69) is 0 Å². The largest absolute Gasteiger partial charge is 0.394 e. The number of ether oxygens (including phenoxy) is 3. The lowest BCUT2D eigenvalue weighted by molar-refractivity contribution is 0.0467. The monoisotopic (exact) mass is 206 g/mol. The van der Waals surface area contributed by atoms with Gasteiger partial charge in [0.1, 0.15) is 0 Å². The third kappa shape index (κ3) is 6.32. The van der Waals surface area contributed by atoms with Crippen molar-refractivity contribution < 1.29 is 19.3 Å². The highest BCUT2D eigenvalue weighted by Gasteiger charge is 2.12. The molecule has 4 nitrogen and oxygen atoms in total. The van der Waals surface area contributed by atoms with Crippen molar-refractivity contribution in [1.29, 1.82) is 0 Å². The third-order valence-electron chi connectivity index (χ3n) is 2.21. The van der Waals surface area contributed by atoms with Crippen molar-refractivity contribution in [3.63, 3.8) is 0 Å². The zero-order chi connectivity index (χ0) is 10.8. The topological polar surface area (TPSA) is 47.9 Å². The predicted octanol–water partition coefficient (Wildman–Crippen LogP) is 0.825. The van der Waals surface area contributed by atoms with Gasteiger partial charge in [-0.05, 0) is 12.8 Å². The Morgan fingerprint density at radius 1 is 1.50 bits per heavy atom. The molecule has 0 amide bonds. The fraction of sp³-hybridized carbons (Fsp3) is 1.00. The fourth-order valence-corrected chi connectivity index (χ4v) is 1.07. The number of methoxy groups -OCH3 is 2. The summed E-state index contributed by atoms with van der Waals surface area (Å²) in [6.45, 7) is 3.77. The molecule has 1 fully saturated rings. The predicted molar refractivity (Wildman–Crippen MR) is 54.4 cm³/mol. The average molecular weight is 206 g/mol. The summed E-state index contributed by atoms with van der Waals surface area (Å²) in [5.74, 6) is 0. The maximum Gasteiger partial charge on any atom is 0.0826 e. The van der Waals surface area contributed by atoms with E-state index in [4.69, 9.17) is 19.3 Å². The van der Waals surface area contributed by atoms with E-state index in [1.807, 2.05) is 6.92 Å². The van der Waals surface area contributed by atoms with E-state index >= 15 is 0 Å². The first-order valence-corrected chi connectivity index (χ1v) is 5.02. The van der Waals surface area contributed by atoms with Crippen LogP contribution in [0.3, 0.4) is 0 Å². The SMILES string of the molecule is CC[C@@H](CO)OC.COC1CCOC1. The van der Waals surface area contributed by atoms with Gasteiger partial charge in [0.15, 0.2) is 0 Å². The molecular formula is C10H22O4. The molecule has 1 heterocycles. The number of aliphatic hydroxyl groups excluding tert-OH is 1. The van der Waals surface area contributed by atoms with Crippen LogP contribution in [0.5, 0.6) is 0 Å². The van der Waals surface area contributed by atoms with Crippen LogP contribution in [0.2, 0.25) is 0 Å². The zero-order valence-corrected chi connectivity index (χ0v) is 9.36. The van der Waals surface area contributed by atoms with Crippen molar-refractivity contribution >= 4 is 0 Å². The first-order valence-electron chi connectivity index (χ1n) is 5.02. The Hall–Kier alpha value is -0.160. The highest BCUT2D eigenvalue weighted by Crippen LogP contribution is 2.05. The summed E-state index contributed by atoms with van der Waals surface area (Å²) < 4.78 is 14.8. The summed E-state index contributed by atoms with van der Waals surface area (Å²) in [7, 11) is 3.32. The van der Waals surface area contributed by atoms with Crippen LogP contribution in [0, 0.1) is 0 Å². The van der Waals surface area contributed by atoms with Crippen LogP contribution < -0.4 is 0 Å². The molecule has 0 spiro atoms. The second kappa shape index (κ2) is 9.40. The fourth-order valence-electron chi connectivity index (χ4n) is 1.07. The lowest BCUT2D eigenvalue weighted by Crippen LogP contribution is -2.13.